The van der Waals surface area contributed by atoms with E-state index in [1.807, 2.05) is 0 Å². The predicted molar refractivity (Wildman–Crippen MR) is 74.9 cm³/mol. The molecule has 1 saturated heterocycles. The van der Waals surface area contributed by atoms with Gasteiger partial charge in [-0.1, -0.05) is 39.5 Å². The van der Waals surface area contributed by atoms with Crippen LogP contribution < -0.4 is 0 Å². The lowest BCUT2D eigenvalue weighted by Gasteiger charge is -2.27. The summed E-state index contributed by atoms with van der Waals surface area (Å²) in [4.78, 5) is 24.6. The van der Waals surface area contributed by atoms with E-state index in [9.17, 15) is 9.59 Å². The molecular weight excluding hydrogens is 242 g/mol. The van der Waals surface area contributed by atoms with Gasteiger partial charge in [-0.25, -0.2) is 4.79 Å². The smallest absolute Gasteiger partial charge is 0.326 e. The summed E-state index contributed by atoms with van der Waals surface area (Å²) >= 11 is 0. The second-order valence-electron chi connectivity index (χ2n) is 5.59. The molecule has 2 atom stereocenters. The maximum Gasteiger partial charge on any atom is 0.326 e. The minimum absolute atomic E-state index is 0.0176. The number of hydrogen-bond donors (Lipinski definition) is 1. The number of rotatable bonds is 9. The van der Waals surface area contributed by atoms with Crippen molar-refractivity contribution in [1.29, 1.82) is 0 Å². The van der Waals surface area contributed by atoms with Crippen LogP contribution in [0.1, 0.15) is 65.2 Å². The van der Waals surface area contributed by atoms with Gasteiger partial charge in [0.05, 0.1) is 0 Å². The Hall–Kier alpha value is -1.06. The van der Waals surface area contributed by atoms with E-state index < -0.39 is 12.0 Å². The van der Waals surface area contributed by atoms with Crippen molar-refractivity contribution in [1.82, 2.24) is 4.90 Å². The first-order chi connectivity index (χ1) is 9.10. The number of carbonyl (C=O) groups excluding carboxylic acids is 1. The van der Waals surface area contributed by atoms with Crippen molar-refractivity contribution in [3.8, 4) is 0 Å². The number of hydrogen-bond acceptors (Lipinski definition) is 2. The Labute approximate surface area is 116 Å². The van der Waals surface area contributed by atoms with E-state index in [2.05, 4.69) is 13.8 Å². The molecule has 110 valence electrons. The molecule has 4 nitrogen and oxygen atoms in total. The van der Waals surface area contributed by atoms with Gasteiger partial charge in [-0.15, -0.1) is 0 Å². The number of unbranched alkanes of at least 4 members (excludes halogenated alkanes) is 2. The molecule has 0 aromatic heterocycles. The molecule has 0 aromatic rings. The van der Waals surface area contributed by atoms with E-state index >= 15 is 0 Å². The highest BCUT2D eigenvalue weighted by molar-refractivity contribution is 5.87. The molecule has 2 unspecified atom stereocenters. The number of carboxylic acid groups (broad SMARTS) is 1. The van der Waals surface area contributed by atoms with Crippen molar-refractivity contribution in [3.63, 3.8) is 0 Å². The quantitative estimate of drug-likeness (QED) is 0.654. The number of amides is 1. The highest BCUT2D eigenvalue weighted by atomic mass is 16.4. The molecule has 0 radical (unpaired) electrons. The lowest BCUT2D eigenvalue weighted by atomic mass is 9.95. The van der Waals surface area contributed by atoms with Crippen LogP contribution in [0.3, 0.4) is 0 Å². The fourth-order valence-electron chi connectivity index (χ4n) is 2.92. The lowest BCUT2D eigenvalue weighted by molar-refractivity contribution is -0.146. The predicted octanol–water partition coefficient (Wildman–Crippen LogP) is 3.06. The highest BCUT2D eigenvalue weighted by Crippen LogP contribution is 2.24. The van der Waals surface area contributed by atoms with Crippen LogP contribution in [0.15, 0.2) is 0 Å². The van der Waals surface area contributed by atoms with Gasteiger partial charge in [-0.2, -0.15) is 0 Å². The van der Waals surface area contributed by atoms with E-state index in [0.29, 0.717) is 25.3 Å². The molecular formula is C15H27NO3. The van der Waals surface area contributed by atoms with Crippen LogP contribution >= 0.6 is 0 Å². The minimum atomic E-state index is -0.852. The Kier molecular flexibility index (Phi) is 6.89. The maximum atomic E-state index is 11.8. The Morgan fingerprint density at radius 1 is 1.32 bits per heavy atom. The highest BCUT2D eigenvalue weighted by Gasteiger charge is 2.36. The van der Waals surface area contributed by atoms with Crippen LogP contribution in [0.4, 0.5) is 0 Å². The topological polar surface area (TPSA) is 57.6 Å². The van der Waals surface area contributed by atoms with E-state index in [0.717, 1.165) is 19.3 Å². The van der Waals surface area contributed by atoms with Crippen molar-refractivity contribution >= 4 is 11.9 Å². The molecule has 1 aliphatic heterocycles. The van der Waals surface area contributed by atoms with Gasteiger partial charge >= 0.3 is 5.97 Å². The Bertz CT molecular complexity index is 304. The van der Waals surface area contributed by atoms with Crippen molar-refractivity contribution in [2.75, 3.05) is 6.54 Å². The van der Waals surface area contributed by atoms with Crippen molar-refractivity contribution in [2.24, 2.45) is 5.92 Å². The van der Waals surface area contributed by atoms with Crippen molar-refractivity contribution in [3.05, 3.63) is 0 Å². The third-order valence-electron chi connectivity index (χ3n) is 3.98. The van der Waals surface area contributed by atoms with Crippen LogP contribution in [0.25, 0.3) is 0 Å². The van der Waals surface area contributed by atoms with Gasteiger partial charge in [-0.05, 0) is 25.2 Å². The van der Waals surface area contributed by atoms with Crippen LogP contribution in [0, 0.1) is 5.92 Å². The zero-order valence-electron chi connectivity index (χ0n) is 12.2. The Morgan fingerprint density at radius 2 is 2.05 bits per heavy atom. The van der Waals surface area contributed by atoms with Crippen LogP contribution in [-0.4, -0.2) is 34.5 Å². The van der Waals surface area contributed by atoms with Crippen LogP contribution in [0.5, 0.6) is 0 Å². The molecule has 19 heavy (non-hydrogen) atoms. The summed E-state index contributed by atoms with van der Waals surface area (Å²) in [7, 11) is 0. The fourth-order valence-corrected chi connectivity index (χ4v) is 2.92. The minimum Gasteiger partial charge on any atom is -0.480 e. The first kappa shape index (κ1) is 16.0. The molecule has 1 rings (SSSR count). The molecule has 1 amide bonds. The number of carboxylic acids is 1. The molecule has 0 spiro atoms. The first-order valence-corrected chi connectivity index (χ1v) is 7.62. The molecule has 1 fully saturated rings. The number of likely N-dealkylation sites (tertiary alicyclic amines) is 1. The average molecular weight is 269 g/mol. The lowest BCUT2D eigenvalue weighted by Crippen LogP contribution is -2.41. The van der Waals surface area contributed by atoms with Crippen molar-refractivity contribution < 1.29 is 14.7 Å². The van der Waals surface area contributed by atoms with Crippen LogP contribution in [-0.2, 0) is 9.59 Å². The fraction of sp³-hybridized carbons (Fsp3) is 0.867. The number of aliphatic carboxylic acids is 1. The third-order valence-corrected chi connectivity index (χ3v) is 3.98. The van der Waals surface area contributed by atoms with Crippen LogP contribution in [0.2, 0.25) is 0 Å². The Morgan fingerprint density at radius 3 is 2.63 bits per heavy atom. The van der Waals surface area contributed by atoms with Gasteiger partial charge < -0.3 is 10.0 Å². The van der Waals surface area contributed by atoms with Gasteiger partial charge in [0.1, 0.15) is 6.04 Å². The van der Waals surface area contributed by atoms with E-state index in [1.54, 1.807) is 4.90 Å². The zero-order valence-corrected chi connectivity index (χ0v) is 12.2. The molecule has 1 aliphatic rings. The Balaban J connectivity index is 2.55. The first-order valence-electron chi connectivity index (χ1n) is 7.62. The maximum absolute atomic E-state index is 11.8. The van der Waals surface area contributed by atoms with E-state index in [-0.39, 0.29) is 5.91 Å². The standard InChI is InChI=1S/C15H27NO3/c1-3-5-6-8-12(7-4-2)11-16-13(15(18)19)9-10-14(16)17/h12-13H,3-11H2,1-2H3,(H,18,19). The van der Waals surface area contributed by atoms with Gasteiger partial charge in [0.15, 0.2) is 0 Å². The molecule has 1 N–H and O–H groups in total. The molecule has 0 saturated carbocycles. The monoisotopic (exact) mass is 269 g/mol. The van der Waals surface area contributed by atoms with Gasteiger partial charge in [-0.3, -0.25) is 4.79 Å². The van der Waals surface area contributed by atoms with E-state index in [1.165, 1.54) is 19.3 Å². The van der Waals surface area contributed by atoms with Crippen molar-refractivity contribution in [2.45, 2.75) is 71.3 Å². The number of nitrogens with zero attached hydrogens (tertiary/aromatic N) is 1. The van der Waals surface area contributed by atoms with Gasteiger partial charge in [0.2, 0.25) is 5.91 Å². The number of carbonyl (C=O) groups is 2. The largest absolute Gasteiger partial charge is 0.480 e. The van der Waals surface area contributed by atoms with Gasteiger partial charge in [0.25, 0.3) is 0 Å². The average Bonchev–Trinajstić information content (AvgIpc) is 2.72. The SMILES string of the molecule is CCCCCC(CCC)CN1C(=O)CCC1C(=O)O. The summed E-state index contributed by atoms with van der Waals surface area (Å²) in [5.74, 6) is -0.376. The second kappa shape index (κ2) is 8.18. The summed E-state index contributed by atoms with van der Waals surface area (Å²) in [6.07, 6.45) is 7.75. The second-order valence-corrected chi connectivity index (χ2v) is 5.59. The molecule has 0 aliphatic carbocycles. The normalized spacial score (nSPS) is 20.8. The molecule has 4 heteroatoms. The molecule has 0 bridgehead atoms. The summed E-state index contributed by atoms with van der Waals surface area (Å²) in [5.41, 5.74) is 0. The molecule has 0 aromatic carbocycles. The summed E-state index contributed by atoms with van der Waals surface area (Å²) in [5, 5.41) is 9.16. The van der Waals surface area contributed by atoms with Gasteiger partial charge in [0, 0.05) is 13.0 Å². The summed E-state index contributed by atoms with van der Waals surface area (Å²) in [6, 6.07) is -0.585. The summed E-state index contributed by atoms with van der Waals surface area (Å²) < 4.78 is 0. The zero-order chi connectivity index (χ0) is 14.3. The summed E-state index contributed by atoms with van der Waals surface area (Å²) in [6.45, 7) is 4.96. The molecule has 1 heterocycles. The third kappa shape index (κ3) is 4.84. The van der Waals surface area contributed by atoms with E-state index in [4.69, 9.17) is 5.11 Å².